The van der Waals surface area contributed by atoms with Crippen LogP contribution in [0.3, 0.4) is 0 Å². The van der Waals surface area contributed by atoms with E-state index in [1.807, 2.05) is 32.9 Å². The van der Waals surface area contributed by atoms with Gasteiger partial charge in [0.25, 0.3) is 0 Å². The standard InChI is InChI=1S/C29H37N3O3/c1-29(2,3)32(28(34)35)24-16-10-8-14-21(24)27(33)31-18-17-22-25(19-11-5-4-6-12-19)30-23-15-9-7-13-20(23)26(22)31/h4-7,9,11-13,15,21-22,24-26,30H,8,10,14,16-18H2,1-3H3,(H,34,35)/t21?,22-,24?,25+,26+/m0/s1. The molecular weight excluding hydrogens is 438 g/mol. The molecule has 2 amide bonds. The number of amides is 2. The van der Waals surface area contributed by atoms with Gasteiger partial charge < -0.3 is 15.3 Å². The molecule has 2 N–H and O–H groups in total. The van der Waals surface area contributed by atoms with Crippen LogP contribution >= 0.6 is 0 Å². The Kier molecular flexibility index (Phi) is 6.24. The summed E-state index contributed by atoms with van der Waals surface area (Å²) in [6, 6.07) is 18.7. The van der Waals surface area contributed by atoms with E-state index >= 15 is 0 Å². The zero-order valence-corrected chi connectivity index (χ0v) is 21.0. The highest BCUT2D eigenvalue weighted by atomic mass is 16.4. The molecule has 186 valence electrons. The summed E-state index contributed by atoms with van der Waals surface area (Å²) in [5.74, 6) is 0.104. The van der Waals surface area contributed by atoms with Gasteiger partial charge in [-0.15, -0.1) is 0 Å². The summed E-state index contributed by atoms with van der Waals surface area (Å²) >= 11 is 0. The second-order valence-corrected chi connectivity index (χ2v) is 11.3. The number of hydrogen-bond donors (Lipinski definition) is 2. The summed E-state index contributed by atoms with van der Waals surface area (Å²) < 4.78 is 0. The molecule has 1 aliphatic carbocycles. The fraction of sp³-hybridized carbons (Fsp3) is 0.517. The number of likely N-dealkylation sites (tertiary alicyclic amines) is 1. The first-order valence-electron chi connectivity index (χ1n) is 13.0. The molecule has 1 saturated heterocycles. The van der Waals surface area contributed by atoms with Crippen molar-refractivity contribution in [2.45, 2.75) is 76.5 Å². The van der Waals surface area contributed by atoms with E-state index in [0.717, 1.165) is 37.8 Å². The third-order valence-corrected chi connectivity index (χ3v) is 8.21. The first-order chi connectivity index (χ1) is 16.8. The van der Waals surface area contributed by atoms with Crippen LogP contribution in [0.1, 0.15) is 76.1 Å². The number of anilines is 1. The van der Waals surface area contributed by atoms with Crippen molar-refractivity contribution in [1.82, 2.24) is 9.80 Å². The quantitative estimate of drug-likeness (QED) is 0.564. The number of carbonyl (C=O) groups excluding carboxylic acids is 1. The molecule has 3 aliphatic rings. The molecule has 5 rings (SSSR count). The van der Waals surface area contributed by atoms with Gasteiger partial charge in [0.15, 0.2) is 0 Å². The van der Waals surface area contributed by atoms with Gasteiger partial charge in [-0.3, -0.25) is 9.69 Å². The molecule has 0 bridgehead atoms. The predicted molar refractivity (Wildman–Crippen MR) is 137 cm³/mol. The molecule has 5 atom stereocenters. The van der Waals surface area contributed by atoms with Gasteiger partial charge in [0, 0.05) is 29.7 Å². The van der Waals surface area contributed by atoms with Crippen molar-refractivity contribution in [1.29, 1.82) is 0 Å². The number of benzene rings is 2. The van der Waals surface area contributed by atoms with Crippen LogP contribution in [0.15, 0.2) is 54.6 Å². The smallest absolute Gasteiger partial charge is 0.408 e. The summed E-state index contributed by atoms with van der Waals surface area (Å²) in [6.07, 6.45) is 3.42. The average Bonchev–Trinajstić information content (AvgIpc) is 3.28. The maximum absolute atomic E-state index is 14.3. The van der Waals surface area contributed by atoms with Crippen LogP contribution in [0.5, 0.6) is 0 Å². The zero-order valence-electron chi connectivity index (χ0n) is 21.0. The highest BCUT2D eigenvalue weighted by Crippen LogP contribution is 2.52. The Morgan fingerprint density at radius 2 is 1.66 bits per heavy atom. The first-order valence-corrected chi connectivity index (χ1v) is 13.0. The summed E-state index contributed by atoms with van der Waals surface area (Å²) in [6.45, 7) is 6.49. The number of nitrogens with one attached hydrogen (secondary N) is 1. The maximum Gasteiger partial charge on any atom is 0.408 e. The van der Waals surface area contributed by atoms with Crippen molar-refractivity contribution >= 4 is 17.7 Å². The fourth-order valence-electron chi connectivity index (χ4n) is 6.81. The minimum absolute atomic E-state index is 0.000599. The van der Waals surface area contributed by atoms with Crippen LogP contribution in [0.4, 0.5) is 10.5 Å². The van der Waals surface area contributed by atoms with E-state index in [1.54, 1.807) is 4.90 Å². The van der Waals surface area contributed by atoms with Crippen molar-refractivity contribution in [2.24, 2.45) is 11.8 Å². The average molecular weight is 476 g/mol. The zero-order chi connectivity index (χ0) is 24.7. The van der Waals surface area contributed by atoms with Crippen LogP contribution in [-0.2, 0) is 4.79 Å². The van der Waals surface area contributed by atoms with Gasteiger partial charge in [-0.05, 0) is 57.2 Å². The molecule has 2 aromatic carbocycles. The fourth-order valence-corrected chi connectivity index (χ4v) is 6.81. The Morgan fingerprint density at radius 1 is 0.971 bits per heavy atom. The Labute approximate surface area is 208 Å². The predicted octanol–water partition coefficient (Wildman–Crippen LogP) is 6.08. The highest BCUT2D eigenvalue weighted by molar-refractivity contribution is 5.82. The highest BCUT2D eigenvalue weighted by Gasteiger charge is 2.50. The van der Waals surface area contributed by atoms with Crippen LogP contribution in [0, 0.1) is 11.8 Å². The van der Waals surface area contributed by atoms with Gasteiger partial charge >= 0.3 is 6.09 Å². The SMILES string of the molecule is CC(C)(C)N(C(=O)O)C1CCCCC1C(=O)N1CC[C@H]2[C@@H](c3ccccc3)Nc3ccccc3[C@H]21. The van der Waals surface area contributed by atoms with Crippen molar-refractivity contribution in [3.05, 3.63) is 65.7 Å². The summed E-state index contributed by atoms with van der Waals surface area (Å²) in [5, 5.41) is 13.9. The molecule has 0 spiro atoms. The number of hydrogen-bond acceptors (Lipinski definition) is 3. The second kappa shape index (κ2) is 9.21. The number of carbonyl (C=O) groups is 2. The lowest BCUT2D eigenvalue weighted by Crippen LogP contribution is -2.57. The second-order valence-electron chi connectivity index (χ2n) is 11.3. The van der Waals surface area contributed by atoms with Crippen molar-refractivity contribution in [2.75, 3.05) is 11.9 Å². The summed E-state index contributed by atoms with van der Waals surface area (Å²) in [5.41, 5.74) is 2.95. The van der Waals surface area contributed by atoms with E-state index in [0.29, 0.717) is 6.54 Å². The molecule has 2 fully saturated rings. The van der Waals surface area contributed by atoms with Gasteiger partial charge in [-0.1, -0.05) is 61.4 Å². The molecule has 35 heavy (non-hydrogen) atoms. The summed E-state index contributed by atoms with van der Waals surface area (Å²) in [4.78, 5) is 30.2. The third-order valence-electron chi connectivity index (χ3n) is 8.21. The van der Waals surface area contributed by atoms with Gasteiger partial charge in [0.1, 0.15) is 0 Å². The van der Waals surface area contributed by atoms with E-state index in [2.05, 4.69) is 52.7 Å². The Morgan fingerprint density at radius 3 is 2.37 bits per heavy atom. The lowest BCUT2D eigenvalue weighted by molar-refractivity contribution is -0.141. The van der Waals surface area contributed by atoms with Crippen LogP contribution < -0.4 is 5.32 Å². The lowest BCUT2D eigenvalue weighted by atomic mass is 9.78. The first kappa shape index (κ1) is 23.7. The van der Waals surface area contributed by atoms with E-state index in [4.69, 9.17) is 0 Å². The maximum atomic E-state index is 14.3. The molecule has 2 unspecified atom stereocenters. The van der Waals surface area contributed by atoms with Crippen LogP contribution in [0.25, 0.3) is 0 Å². The van der Waals surface area contributed by atoms with Crippen molar-refractivity contribution in [3.63, 3.8) is 0 Å². The molecule has 6 nitrogen and oxygen atoms in total. The Balaban J connectivity index is 1.49. The lowest BCUT2D eigenvalue weighted by Gasteiger charge is -2.46. The van der Waals surface area contributed by atoms with Crippen molar-refractivity contribution in [3.8, 4) is 0 Å². The molecule has 6 heteroatoms. The molecule has 0 aromatic heterocycles. The molecule has 1 saturated carbocycles. The number of fused-ring (bicyclic) bond motifs is 3. The van der Waals surface area contributed by atoms with Crippen LogP contribution in [-0.4, -0.2) is 45.0 Å². The number of carboxylic acid groups (broad SMARTS) is 1. The van der Waals surface area contributed by atoms with Gasteiger partial charge in [0.2, 0.25) is 5.91 Å². The molecule has 2 aliphatic heterocycles. The Hall–Kier alpha value is -3.02. The molecule has 2 aromatic rings. The number of para-hydroxylation sites is 1. The third kappa shape index (κ3) is 4.28. The van der Waals surface area contributed by atoms with Crippen molar-refractivity contribution < 1.29 is 14.7 Å². The largest absolute Gasteiger partial charge is 0.465 e. The number of nitrogens with zero attached hydrogens (tertiary/aromatic N) is 2. The Bertz CT molecular complexity index is 1080. The minimum Gasteiger partial charge on any atom is -0.465 e. The van der Waals surface area contributed by atoms with E-state index in [1.165, 1.54) is 11.1 Å². The normalized spacial score (nSPS) is 28.0. The van der Waals surface area contributed by atoms with E-state index in [9.17, 15) is 14.7 Å². The van der Waals surface area contributed by atoms with Gasteiger partial charge in [0.05, 0.1) is 18.0 Å². The monoisotopic (exact) mass is 475 g/mol. The van der Waals surface area contributed by atoms with E-state index in [-0.39, 0.29) is 35.9 Å². The number of rotatable bonds is 3. The molecule has 0 radical (unpaired) electrons. The van der Waals surface area contributed by atoms with Gasteiger partial charge in [-0.25, -0.2) is 4.79 Å². The summed E-state index contributed by atoms with van der Waals surface area (Å²) in [7, 11) is 0. The van der Waals surface area contributed by atoms with Gasteiger partial charge in [-0.2, -0.15) is 0 Å². The molecular formula is C29H37N3O3. The van der Waals surface area contributed by atoms with Crippen LogP contribution in [0.2, 0.25) is 0 Å². The molecule has 2 heterocycles. The minimum atomic E-state index is -0.933. The van der Waals surface area contributed by atoms with E-state index < -0.39 is 11.6 Å². The topological polar surface area (TPSA) is 72.9 Å².